The SMILES string of the molecule is CCC(/C=C1\Sc2ccc(OC)cc2N1CCCS(=O)(=O)[O-])=C\c1sc2ccc(OC)cc2[n+]1CCCS(=O)(=O)[O-].CCN1/C(=C\c2ccc3ccccc3[n+]2CC)C=Cc2ccccc21. The number of allylic oxidation sites excluding steroid dienone is 3. The van der Waals surface area contributed by atoms with Gasteiger partial charge in [0.2, 0.25) is 16.7 Å². The molecule has 16 heteroatoms. The molecule has 4 heterocycles. The van der Waals surface area contributed by atoms with E-state index < -0.39 is 31.7 Å². The van der Waals surface area contributed by atoms with Crippen LogP contribution in [0.3, 0.4) is 0 Å². The predicted molar refractivity (Wildman–Crippen MR) is 266 cm³/mol. The van der Waals surface area contributed by atoms with Gasteiger partial charge in [0.15, 0.2) is 6.54 Å². The quantitative estimate of drug-likeness (QED) is 0.0675. The van der Waals surface area contributed by atoms with Crippen LogP contribution in [-0.4, -0.2) is 64.8 Å². The van der Waals surface area contributed by atoms with Crippen LogP contribution >= 0.6 is 23.1 Å². The van der Waals surface area contributed by atoms with Crippen LogP contribution in [0.5, 0.6) is 11.5 Å². The maximum atomic E-state index is 11.3. The van der Waals surface area contributed by atoms with Gasteiger partial charge in [-0.3, -0.25) is 0 Å². The second-order valence-corrected chi connectivity index (χ2v) is 20.7. The molecule has 0 saturated carbocycles. The summed E-state index contributed by atoms with van der Waals surface area (Å²) in [5, 5.41) is 3.05. The van der Waals surface area contributed by atoms with E-state index in [4.69, 9.17) is 9.47 Å². The Bertz CT molecular complexity index is 3090. The van der Waals surface area contributed by atoms with Crippen LogP contribution in [0.4, 0.5) is 11.4 Å². The Kier molecular flexibility index (Phi) is 15.7. The van der Waals surface area contributed by atoms with Crippen LogP contribution in [0.2, 0.25) is 0 Å². The zero-order chi connectivity index (χ0) is 47.0. The number of fused-ring (bicyclic) bond motifs is 4. The van der Waals surface area contributed by atoms with Crippen LogP contribution in [-0.2, 0) is 33.3 Å². The van der Waals surface area contributed by atoms with Gasteiger partial charge in [0.05, 0.1) is 51.2 Å². The van der Waals surface area contributed by atoms with Gasteiger partial charge in [-0.15, -0.1) is 0 Å². The number of rotatable bonds is 16. The topological polar surface area (TPSA) is 147 Å². The molecule has 0 N–H and O–H groups in total. The van der Waals surface area contributed by atoms with Crippen LogP contribution in [0.25, 0.3) is 39.3 Å². The third kappa shape index (κ3) is 11.7. The second kappa shape index (κ2) is 21.4. The molecule has 2 aromatic heterocycles. The first-order valence-electron chi connectivity index (χ1n) is 21.8. The summed E-state index contributed by atoms with van der Waals surface area (Å²) in [5.41, 5.74) is 9.05. The second-order valence-electron chi connectivity index (χ2n) is 15.6. The third-order valence-electron chi connectivity index (χ3n) is 11.3. The van der Waals surface area contributed by atoms with E-state index in [1.165, 1.54) is 33.5 Å². The lowest BCUT2D eigenvalue weighted by Crippen LogP contribution is -2.37. The van der Waals surface area contributed by atoms with Crippen LogP contribution in [0.1, 0.15) is 56.3 Å². The molecular formula is C50H54N4O8S4. The largest absolute Gasteiger partial charge is 0.748 e. The fourth-order valence-corrected chi connectivity index (χ4v) is 11.4. The molecule has 2 aliphatic rings. The number of ether oxygens (including phenoxy) is 2. The maximum absolute atomic E-state index is 11.3. The fourth-order valence-electron chi connectivity index (χ4n) is 8.12. The molecule has 0 radical (unpaired) electrons. The van der Waals surface area contributed by atoms with Crippen molar-refractivity contribution in [2.75, 3.05) is 48.6 Å². The molecule has 8 rings (SSSR count). The van der Waals surface area contributed by atoms with E-state index in [-0.39, 0.29) is 12.8 Å². The van der Waals surface area contributed by atoms with Crippen molar-refractivity contribution in [1.82, 2.24) is 0 Å². The highest BCUT2D eigenvalue weighted by Crippen LogP contribution is 2.48. The molecular weight excluding hydrogens is 913 g/mol. The number of hydrogen-bond donors (Lipinski definition) is 0. The van der Waals surface area contributed by atoms with Gasteiger partial charge < -0.3 is 28.4 Å². The number of thiazole rings is 1. The van der Waals surface area contributed by atoms with Gasteiger partial charge in [-0.1, -0.05) is 66.4 Å². The molecule has 0 amide bonds. The van der Waals surface area contributed by atoms with Crippen molar-refractivity contribution in [1.29, 1.82) is 0 Å². The van der Waals surface area contributed by atoms with Crippen LogP contribution in [0, 0.1) is 0 Å². The summed E-state index contributed by atoms with van der Waals surface area (Å²) in [6.07, 6.45) is 11.8. The molecule has 12 nitrogen and oxygen atoms in total. The average molecular weight is 967 g/mol. The average Bonchev–Trinajstić information content (AvgIpc) is 3.83. The molecule has 346 valence electrons. The van der Waals surface area contributed by atoms with Crippen molar-refractivity contribution >= 4 is 94.1 Å². The lowest BCUT2D eigenvalue weighted by atomic mass is 10.0. The van der Waals surface area contributed by atoms with Gasteiger partial charge in [-0.05, 0) is 92.4 Å². The summed E-state index contributed by atoms with van der Waals surface area (Å²) in [4.78, 5) is 5.37. The lowest BCUT2D eigenvalue weighted by molar-refractivity contribution is -0.669. The molecule has 66 heavy (non-hydrogen) atoms. The smallest absolute Gasteiger partial charge is 0.263 e. The van der Waals surface area contributed by atoms with Crippen molar-refractivity contribution < 1.29 is 44.5 Å². The molecule has 0 atom stereocenters. The molecule has 0 spiro atoms. The van der Waals surface area contributed by atoms with Gasteiger partial charge in [0.25, 0.3) is 5.01 Å². The van der Waals surface area contributed by atoms with E-state index >= 15 is 0 Å². The Hall–Kier alpha value is -5.49. The van der Waals surface area contributed by atoms with Crippen LogP contribution in [0.15, 0.2) is 130 Å². The first-order chi connectivity index (χ1) is 31.7. The number of anilines is 2. The lowest BCUT2D eigenvalue weighted by Gasteiger charge is -2.29. The van der Waals surface area contributed by atoms with E-state index in [2.05, 4.69) is 102 Å². The molecule has 0 unspecified atom stereocenters. The summed E-state index contributed by atoms with van der Waals surface area (Å²) in [6.45, 7) is 9.02. The first-order valence-corrected chi connectivity index (χ1v) is 26.6. The van der Waals surface area contributed by atoms with Crippen LogP contribution < -0.4 is 28.4 Å². The van der Waals surface area contributed by atoms with Crippen molar-refractivity contribution in [3.8, 4) is 11.5 Å². The van der Waals surface area contributed by atoms with E-state index in [1.807, 2.05) is 64.9 Å². The van der Waals surface area contributed by atoms with E-state index in [0.29, 0.717) is 31.0 Å². The zero-order valence-corrected chi connectivity index (χ0v) is 40.9. The van der Waals surface area contributed by atoms with Gasteiger partial charge in [0, 0.05) is 83.0 Å². The standard InChI is InChI=1S/C27H32N2O8S4.C23H23N2/c1-4-19(15-26-28(11-5-13-40(30,31)32)22-17-20(36-2)7-9-24(22)38-26)16-27-29(12-6-14-41(33,34)35)23-18-21(37-3)8-10-25(23)39-27;1-3-24-20(15-13-18-9-5-7-11-22(18)24)17-21-16-14-19-10-6-8-12-23(19)25(21)4-2/h7-10,15-18H,4-6,11-14H2,1-3H3,(H-,30,31,32,33,34,35);5-17H,3-4H2,1-2H3/q;+1/p-1. The number of thioether (sulfide) groups is 1. The van der Waals surface area contributed by atoms with Crippen molar-refractivity contribution in [3.63, 3.8) is 0 Å². The normalized spacial score (nSPS) is 15.0. The number of nitrogens with zero attached hydrogens (tertiary/aromatic N) is 4. The number of methoxy groups -OCH3 is 2. The van der Waals surface area contributed by atoms with E-state index in [1.54, 1.807) is 37.3 Å². The highest BCUT2D eigenvalue weighted by Gasteiger charge is 2.27. The van der Waals surface area contributed by atoms with E-state index in [0.717, 1.165) is 49.5 Å². The number of aromatic nitrogens is 2. The summed E-state index contributed by atoms with van der Waals surface area (Å²) in [5.74, 6) is 0.420. The Morgan fingerprint density at radius 1 is 0.742 bits per heavy atom. The van der Waals surface area contributed by atoms with E-state index in [9.17, 15) is 25.9 Å². The Balaban J connectivity index is 0.000000220. The number of hydrogen-bond acceptors (Lipinski definition) is 12. The maximum Gasteiger partial charge on any atom is 0.263 e. The summed E-state index contributed by atoms with van der Waals surface area (Å²) >= 11 is 3.10. The molecule has 4 aromatic carbocycles. The monoisotopic (exact) mass is 966 g/mol. The minimum absolute atomic E-state index is 0.173. The Labute approximate surface area is 396 Å². The van der Waals surface area contributed by atoms with Gasteiger partial charge in [0.1, 0.15) is 22.7 Å². The molecule has 0 bridgehead atoms. The van der Waals surface area contributed by atoms with Gasteiger partial charge >= 0.3 is 0 Å². The van der Waals surface area contributed by atoms with Gasteiger partial charge in [-0.25, -0.2) is 16.8 Å². The minimum Gasteiger partial charge on any atom is -0.748 e. The predicted octanol–water partition coefficient (Wildman–Crippen LogP) is 9.37. The van der Waals surface area contributed by atoms with Crippen molar-refractivity contribution in [2.45, 2.75) is 58.0 Å². The Morgan fingerprint density at radius 3 is 2.18 bits per heavy atom. The number of para-hydroxylation sites is 2. The number of aryl methyl sites for hydroxylation is 2. The molecule has 0 saturated heterocycles. The zero-order valence-electron chi connectivity index (χ0n) is 37.7. The number of benzene rings is 4. The first kappa shape index (κ1) is 48.4. The summed E-state index contributed by atoms with van der Waals surface area (Å²) < 4.78 is 83.7. The molecule has 2 aliphatic heterocycles. The third-order valence-corrected chi connectivity index (χ3v) is 15.1. The summed E-state index contributed by atoms with van der Waals surface area (Å²) in [6, 6.07) is 33.0. The number of likely N-dealkylation sites (N-methyl/N-ethyl adjacent to an activating group) is 1. The Morgan fingerprint density at radius 2 is 1.45 bits per heavy atom. The van der Waals surface area contributed by atoms with Crippen molar-refractivity contribution in [3.05, 3.63) is 142 Å². The number of pyridine rings is 1. The highest BCUT2D eigenvalue weighted by molar-refractivity contribution is 8.03. The van der Waals surface area contributed by atoms with Gasteiger partial charge in [-0.2, -0.15) is 9.13 Å². The fraction of sp³-hybridized carbons (Fsp3) is 0.280. The molecule has 6 aromatic rings. The summed E-state index contributed by atoms with van der Waals surface area (Å²) in [7, 11) is -5.52. The molecule has 0 fully saturated rings. The molecule has 0 aliphatic carbocycles. The van der Waals surface area contributed by atoms with Crippen molar-refractivity contribution in [2.24, 2.45) is 0 Å². The highest BCUT2D eigenvalue weighted by atomic mass is 32.2. The minimum atomic E-state index is -4.34.